The predicted molar refractivity (Wildman–Crippen MR) is 42.1 cm³/mol. The van der Waals surface area contributed by atoms with Crippen molar-refractivity contribution in [1.82, 2.24) is 0 Å². The first-order valence-corrected chi connectivity index (χ1v) is 2.94. The van der Waals surface area contributed by atoms with Crippen LogP contribution in [0.4, 0.5) is 0 Å². The standard InChI is InChI=1S/C6H13NO2.ClH/c1-4-9-5(8)6(2,3)7;/h4,7H2,1-3H3;1H. The van der Waals surface area contributed by atoms with Crippen LogP contribution in [0.1, 0.15) is 20.8 Å². The molecule has 0 saturated carbocycles. The molecule has 0 saturated heterocycles. The molecule has 0 aliphatic heterocycles. The van der Waals surface area contributed by atoms with Gasteiger partial charge in [0, 0.05) is 0 Å². The van der Waals surface area contributed by atoms with E-state index in [0.29, 0.717) is 6.61 Å². The Bertz CT molecular complexity index is 109. The molecule has 0 aromatic carbocycles. The van der Waals surface area contributed by atoms with Gasteiger partial charge in [-0.25, -0.2) is 0 Å². The maximum atomic E-state index is 10.7. The fourth-order valence-electron chi connectivity index (χ4n) is 0.317. The van der Waals surface area contributed by atoms with E-state index in [9.17, 15) is 4.79 Å². The minimum atomic E-state index is -0.851. The fourth-order valence-corrected chi connectivity index (χ4v) is 0.317. The first kappa shape index (κ1) is 12.4. The molecule has 0 bridgehead atoms. The zero-order valence-corrected chi connectivity index (χ0v) is 7.33. The summed E-state index contributed by atoms with van der Waals surface area (Å²) in [6.45, 7) is 5.37. The lowest BCUT2D eigenvalue weighted by Gasteiger charge is -2.15. The molecule has 0 unspecified atom stereocenters. The van der Waals surface area contributed by atoms with Crippen molar-refractivity contribution in [3.05, 3.63) is 0 Å². The van der Waals surface area contributed by atoms with E-state index in [2.05, 4.69) is 4.74 Å². The van der Waals surface area contributed by atoms with Crippen molar-refractivity contribution in [3.8, 4) is 0 Å². The van der Waals surface area contributed by atoms with Gasteiger partial charge in [-0.2, -0.15) is 0 Å². The average molecular weight is 168 g/mol. The summed E-state index contributed by atoms with van der Waals surface area (Å²) in [7, 11) is 0. The molecule has 0 fully saturated rings. The summed E-state index contributed by atoms with van der Waals surface area (Å²) in [5, 5.41) is 0. The van der Waals surface area contributed by atoms with E-state index >= 15 is 0 Å². The predicted octanol–water partition coefficient (Wildman–Crippen LogP) is 0.709. The highest BCUT2D eigenvalue weighted by Gasteiger charge is 2.22. The average Bonchev–Trinajstić information content (AvgIpc) is 1.64. The molecule has 0 heterocycles. The zero-order chi connectivity index (χ0) is 7.49. The van der Waals surface area contributed by atoms with Crippen LogP contribution in [0.15, 0.2) is 0 Å². The summed E-state index contributed by atoms with van der Waals surface area (Å²) < 4.78 is 4.64. The molecular formula is C6H14ClNO2. The van der Waals surface area contributed by atoms with E-state index in [1.54, 1.807) is 20.8 Å². The maximum Gasteiger partial charge on any atom is 0.325 e. The quantitative estimate of drug-likeness (QED) is 0.617. The van der Waals surface area contributed by atoms with Gasteiger partial charge in [-0.15, -0.1) is 12.4 Å². The summed E-state index contributed by atoms with van der Waals surface area (Å²) >= 11 is 0. The van der Waals surface area contributed by atoms with Crippen LogP contribution < -0.4 is 5.73 Å². The van der Waals surface area contributed by atoms with Crippen molar-refractivity contribution in [3.63, 3.8) is 0 Å². The van der Waals surface area contributed by atoms with Gasteiger partial charge >= 0.3 is 5.97 Å². The Kier molecular flexibility index (Phi) is 5.61. The van der Waals surface area contributed by atoms with Gasteiger partial charge < -0.3 is 10.5 Å². The van der Waals surface area contributed by atoms with Gasteiger partial charge in [-0.1, -0.05) is 0 Å². The summed E-state index contributed by atoms with van der Waals surface area (Å²) in [6.07, 6.45) is 0. The molecular weight excluding hydrogens is 154 g/mol. The smallest absolute Gasteiger partial charge is 0.325 e. The number of hydrogen-bond donors (Lipinski definition) is 1. The van der Waals surface area contributed by atoms with Crippen molar-refractivity contribution in [2.45, 2.75) is 26.3 Å². The molecule has 0 amide bonds. The number of halogens is 1. The van der Waals surface area contributed by atoms with Crippen LogP contribution in [0, 0.1) is 0 Å². The zero-order valence-electron chi connectivity index (χ0n) is 6.51. The lowest BCUT2D eigenvalue weighted by atomic mass is 10.1. The molecule has 3 nitrogen and oxygen atoms in total. The Morgan fingerprint density at radius 1 is 1.60 bits per heavy atom. The Labute approximate surface area is 67.3 Å². The molecule has 4 heteroatoms. The highest BCUT2D eigenvalue weighted by Crippen LogP contribution is 1.98. The summed E-state index contributed by atoms with van der Waals surface area (Å²) in [6, 6.07) is 0. The lowest BCUT2D eigenvalue weighted by molar-refractivity contribution is -0.148. The van der Waals surface area contributed by atoms with Gasteiger partial charge in [-0.05, 0) is 20.8 Å². The second-order valence-electron chi connectivity index (χ2n) is 2.44. The highest BCUT2D eigenvalue weighted by molar-refractivity contribution is 5.85. The fraction of sp³-hybridized carbons (Fsp3) is 0.833. The Morgan fingerprint density at radius 3 is 2.10 bits per heavy atom. The molecule has 0 atom stereocenters. The molecule has 0 radical (unpaired) electrons. The summed E-state index contributed by atoms with van der Waals surface area (Å²) in [5.74, 6) is -0.356. The van der Waals surface area contributed by atoms with Crippen LogP contribution >= 0.6 is 12.4 Å². The number of hydrogen-bond acceptors (Lipinski definition) is 3. The Hall–Kier alpha value is -0.280. The van der Waals surface area contributed by atoms with E-state index in [4.69, 9.17) is 5.73 Å². The van der Waals surface area contributed by atoms with Crippen molar-refractivity contribution in [1.29, 1.82) is 0 Å². The lowest BCUT2D eigenvalue weighted by Crippen LogP contribution is -2.42. The molecule has 62 valence electrons. The van der Waals surface area contributed by atoms with Crippen LogP contribution in [-0.2, 0) is 9.53 Å². The maximum absolute atomic E-state index is 10.7. The normalized spacial score (nSPS) is 10.0. The number of carbonyl (C=O) groups is 1. The van der Waals surface area contributed by atoms with Gasteiger partial charge in [0.1, 0.15) is 5.54 Å². The number of rotatable bonds is 2. The molecule has 0 aliphatic rings. The van der Waals surface area contributed by atoms with Crippen LogP contribution in [0.25, 0.3) is 0 Å². The second-order valence-corrected chi connectivity index (χ2v) is 2.44. The van der Waals surface area contributed by atoms with Gasteiger partial charge in [0.05, 0.1) is 6.61 Å². The Balaban J connectivity index is 0. The SMILES string of the molecule is CCOC(=O)C(C)(C)N.Cl. The molecule has 0 rings (SSSR count). The third-order valence-corrected chi connectivity index (χ3v) is 0.802. The number of ether oxygens (including phenoxy) is 1. The molecule has 10 heavy (non-hydrogen) atoms. The molecule has 0 aromatic rings. The first-order chi connectivity index (χ1) is 3.98. The summed E-state index contributed by atoms with van der Waals surface area (Å²) in [4.78, 5) is 10.7. The van der Waals surface area contributed by atoms with E-state index < -0.39 is 5.54 Å². The number of nitrogens with two attached hydrogens (primary N) is 1. The number of carbonyl (C=O) groups excluding carboxylic acids is 1. The minimum absolute atomic E-state index is 0. The molecule has 2 N–H and O–H groups in total. The first-order valence-electron chi connectivity index (χ1n) is 2.94. The van der Waals surface area contributed by atoms with Gasteiger partial charge in [-0.3, -0.25) is 4.79 Å². The van der Waals surface area contributed by atoms with E-state index in [0.717, 1.165) is 0 Å². The van der Waals surface area contributed by atoms with Crippen LogP contribution in [-0.4, -0.2) is 18.1 Å². The Morgan fingerprint density at radius 2 is 2.00 bits per heavy atom. The van der Waals surface area contributed by atoms with Crippen LogP contribution in [0.5, 0.6) is 0 Å². The topological polar surface area (TPSA) is 52.3 Å². The van der Waals surface area contributed by atoms with Gasteiger partial charge in [0.25, 0.3) is 0 Å². The van der Waals surface area contributed by atoms with E-state index in [-0.39, 0.29) is 18.4 Å². The van der Waals surface area contributed by atoms with Crippen molar-refractivity contribution < 1.29 is 9.53 Å². The van der Waals surface area contributed by atoms with Crippen molar-refractivity contribution in [2.24, 2.45) is 5.73 Å². The third kappa shape index (κ3) is 4.58. The van der Waals surface area contributed by atoms with Crippen LogP contribution in [0.3, 0.4) is 0 Å². The minimum Gasteiger partial charge on any atom is -0.465 e. The molecule has 0 aromatic heterocycles. The van der Waals surface area contributed by atoms with Gasteiger partial charge in [0.15, 0.2) is 0 Å². The monoisotopic (exact) mass is 167 g/mol. The third-order valence-electron chi connectivity index (χ3n) is 0.802. The summed E-state index contributed by atoms with van der Waals surface area (Å²) in [5.41, 5.74) is 4.54. The van der Waals surface area contributed by atoms with Gasteiger partial charge in [0.2, 0.25) is 0 Å². The van der Waals surface area contributed by atoms with E-state index in [1.165, 1.54) is 0 Å². The largest absolute Gasteiger partial charge is 0.465 e. The highest BCUT2D eigenvalue weighted by atomic mass is 35.5. The number of esters is 1. The van der Waals surface area contributed by atoms with E-state index in [1.807, 2.05) is 0 Å². The molecule has 0 spiro atoms. The second kappa shape index (κ2) is 4.52. The van der Waals surface area contributed by atoms with Crippen LogP contribution in [0.2, 0.25) is 0 Å². The molecule has 0 aliphatic carbocycles. The van der Waals surface area contributed by atoms with Crippen molar-refractivity contribution in [2.75, 3.05) is 6.61 Å². The van der Waals surface area contributed by atoms with Crippen molar-refractivity contribution >= 4 is 18.4 Å².